The molecule has 6 nitrogen and oxygen atoms in total. The molecule has 0 spiro atoms. The lowest BCUT2D eigenvalue weighted by Crippen LogP contribution is -2.42. The summed E-state index contributed by atoms with van der Waals surface area (Å²) in [5, 5.41) is 13.1. The number of hydrogen-bond donors (Lipinski definition) is 2. The zero-order valence-electron chi connectivity index (χ0n) is 17.4. The Balaban J connectivity index is 1.36. The van der Waals surface area contributed by atoms with E-state index in [0.29, 0.717) is 18.8 Å². The molecule has 1 atom stereocenters. The van der Waals surface area contributed by atoms with Crippen molar-refractivity contribution in [2.75, 3.05) is 41.4 Å². The van der Waals surface area contributed by atoms with Gasteiger partial charge in [-0.05, 0) is 50.3 Å². The van der Waals surface area contributed by atoms with E-state index in [1.54, 1.807) is 12.4 Å². The van der Waals surface area contributed by atoms with E-state index in [-0.39, 0.29) is 18.7 Å². The van der Waals surface area contributed by atoms with Crippen LogP contribution in [0.1, 0.15) is 37.7 Å². The number of anilines is 3. The van der Waals surface area contributed by atoms with Crippen molar-refractivity contribution in [3.63, 3.8) is 0 Å². The van der Waals surface area contributed by atoms with E-state index in [0.717, 1.165) is 56.4 Å². The highest BCUT2D eigenvalue weighted by atomic mass is 19.4. The second-order valence-corrected chi connectivity index (χ2v) is 8.24. The number of nitrogens with one attached hydrogen (secondary N) is 1. The fraction of sp³-hybridized carbons (Fsp3) is 0.545. The number of halogens is 3. The summed E-state index contributed by atoms with van der Waals surface area (Å²) in [6.07, 6.45) is 1.97. The Hall–Kier alpha value is -2.55. The fourth-order valence-corrected chi connectivity index (χ4v) is 4.45. The molecule has 2 aliphatic rings. The molecular formula is C22H28F3N5O. The van der Waals surface area contributed by atoms with Gasteiger partial charge in [0.05, 0.1) is 18.2 Å². The number of hydrogen-bond acceptors (Lipinski definition) is 6. The molecule has 0 radical (unpaired) electrons. The first-order valence-electron chi connectivity index (χ1n) is 10.8. The molecule has 4 rings (SSSR count). The van der Waals surface area contributed by atoms with Gasteiger partial charge in [-0.25, -0.2) is 9.97 Å². The largest absolute Gasteiger partial charge is 0.416 e. The monoisotopic (exact) mass is 435 g/mol. The minimum atomic E-state index is -4.33. The van der Waals surface area contributed by atoms with Crippen molar-refractivity contribution in [3.8, 4) is 0 Å². The van der Waals surface area contributed by atoms with Crippen LogP contribution in [0.25, 0.3) is 0 Å². The lowest BCUT2D eigenvalue weighted by atomic mass is 10.0. The number of nitrogens with zero attached hydrogens (tertiary/aromatic N) is 4. The van der Waals surface area contributed by atoms with Crippen LogP contribution < -0.4 is 15.1 Å². The van der Waals surface area contributed by atoms with Crippen LogP contribution >= 0.6 is 0 Å². The molecule has 2 aliphatic heterocycles. The second kappa shape index (κ2) is 9.30. The van der Waals surface area contributed by atoms with Crippen LogP contribution in [0.2, 0.25) is 0 Å². The summed E-state index contributed by atoms with van der Waals surface area (Å²) in [7, 11) is 0. The molecule has 2 saturated heterocycles. The Morgan fingerprint density at radius 2 is 1.84 bits per heavy atom. The van der Waals surface area contributed by atoms with Crippen molar-refractivity contribution < 1.29 is 18.3 Å². The number of alkyl halides is 3. The first-order chi connectivity index (χ1) is 14.9. The number of aliphatic hydroxyl groups is 1. The average Bonchev–Trinajstić information content (AvgIpc) is 2.79. The van der Waals surface area contributed by atoms with Crippen molar-refractivity contribution in [2.24, 2.45) is 0 Å². The summed E-state index contributed by atoms with van der Waals surface area (Å²) in [6.45, 7) is 2.34. The summed E-state index contributed by atoms with van der Waals surface area (Å²) in [5.41, 5.74) is -0.00426. The van der Waals surface area contributed by atoms with Crippen LogP contribution in [0.4, 0.5) is 30.5 Å². The summed E-state index contributed by atoms with van der Waals surface area (Å²) >= 11 is 0. The predicted octanol–water partition coefficient (Wildman–Crippen LogP) is 3.93. The molecule has 1 unspecified atom stereocenters. The lowest BCUT2D eigenvalue weighted by Gasteiger charge is -2.36. The van der Waals surface area contributed by atoms with Gasteiger partial charge in [-0.15, -0.1) is 0 Å². The number of aliphatic hydroxyl groups excluding tert-OH is 1. The molecule has 0 aliphatic carbocycles. The summed E-state index contributed by atoms with van der Waals surface area (Å²) < 4.78 is 39.0. The topological polar surface area (TPSA) is 64.5 Å². The SMILES string of the molecule is OCC1CCCCN1c1cc(NC2CCN(c3cccc(C(F)(F)F)c3)CC2)ncn1. The molecule has 0 amide bonds. The van der Waals surface area contributed by atoms with E-state index < -0.39 is 11.7 Å². The van der Waals surface area contributed by atoms with Gasteiger partial charge >= 0.3 is 6.18 Å². The smallest absolute Gasteiger partial charge is 0.394 e. The number of aromatic nitrogens is 2. The van der Waals surface area contributed by atoms with Gasteiger partial charge in [-0.1, -0.05) is 6.07 Å². The minimum absolute atomic E-state index is 0.0900. The molecule has 0 saturated carbocycles. The Morgan fingerprint density at radius 1 is 1.03 bits per heavy atom. The molecule has 9 heteroatoms. The highest BCUT2D eigenvalue weighted by Crippen LogP contribution is 2.32. The van der Waals surface area contributed by atoms with Gasteiger partial charge in [0.1, 0.15) is 18.0 Å². The van der Waals surface area contributed by atoms with E-state index in [1.165, 1.54) is 12.1 Å². The number of piperidine rings is 2. The van der Waals surface area contributed by atoms with Crippen LogP contribution in [-0.2, 0) is 6.18 Å². The van der Waals surface area contributed by atoms with E-state index in [1.807, 2.05) is 11.0 Å². The Bertz CT molecular complexity index is 870. The van der Waals surface area contributed by atoms with Gasteiger partial charge < -0.3 is 20.2 Å². The zero-order chi connectivity index (χ0) is 21.8. The molecule has 3 heterocycles. The standard InChI is InChI=1S/C22H28F3N5O/c23-22(24,25)16-4-3-6-18(12-16)29-10-7-17(8-11-29)28-20-13-21(27-15-26-20)30-9-2-1-5-19(30)14-31/h3-4,6,12-13,15,17,19,31H,1-2,5,7-11,14H2,(H,26,27,28). The molecule has 1 aromatic carbocycles. The Morgan fingerprint density at radius 3 is 2.58 bits per heavy atom. The lowest BCUT2D eigenvalue weighted by molar-refractivity contribution is -0.137. The Labute approximate surface area is 180 Å². The Kier molecular flexibility index (Phi) is 6.50. The van der Waals surface area contributed by atoms with E-state index >= 15 is 0 Å². The van der Waals surface area contributed by atoms with Crippen molar-refractivity contribution in [1.29, 1.82) is 0 Å². The molecule has 0 bridgehead atoms. The van der Waals surface area contributed by atoms with Crippen LogP contribution in [0, 0.1) is 0 Å². The van der Waals surface area contributed by atoms with E-state index in [4.69, 9.17) is 0 Å². The van der Waals surface area contributed by atoms with Crippen molar-refractivity contribution in [3.05, 3.63) is 42.2 Å². The van der Waals surface area contributed by atoms with Gasteiger partial charge in [0.2, 0.25) is 0 Å². The summed E-state index contributed by atoms with van der Waals surface area (Å²) in [6, 6.07) is 7.73. The quantitative estimate of drug-likeness (QED) is 0.742. The van der Waals surface area contributed by atoms with Gasteiger partial charge in [0.25, 0.3) is 0 Å². The second-order valence-electron chi connectivity index (χ2n) is 8.24. The fourth-order valence-electron chi connectivity index (χ4n) is 4.45. The highest BCUT2D eigenvalue weighted by molar-refractivity contribution is 5.52. The zero-order valence-corrected chi connectivity index (χ0v) is 17.4. The van der Waals surface area contributed by atoms with Crippen LogP contribution in [-0.4, -0.2) is 53.4 Å². The van der Waals surface area contributed by atoms with Crippen molar-refractivity contribution >= 4 is 17.3 Å². The first kappa shape index (κ1) is 21.7. The normalized spacial score (nSPS) is 20.7. The van der Waals surface area contributed by atoms with Crippen molar-refractivity contribution in [1.82, 2.24) is 9.97 Å². The third-order valence-electron chi connectivity index (χ3n) is 6.17. The van der Waals surface area contributed by atoms with E-state index in [9.17, 15) is 18.3 Å². The molecule has 2 fully saturated rings. The van der Waals surface area contributed by atoms with Gasteiger partial charge in [-0.3, -0.25) is 0 Å². The summed E-state index contributed by atoms with van der Waals surface area (Å²) in [4.78, 5) is 12.9. The van der Waals surface area contributed by atoms with Crippen molar-refractivity contribution in [2.45, 2.75) is 50.4 Å². The third-order valence-corrected chi connectivity index (χ3v) is 6.17. The maximum atomic E-state index is 13.0. The number of rotatable bonds is 5. The predicted molar refractivity (Wildman–Crippen MR) is 114 cm³/mol. The minimum Gasteiger partial charge on any atom is -0.394 e. The maximum Gasteiger partial charge on any atom is 0.416 e. The average molecular weight is 435 g/mol. The number of benzene rings is 1. The molecule has 2 aromatic rings. The first-order valence-corrected chi connectivity index (χ1v) is 10.8. The van der Waals surface area contributed by atoms with Crippen LogP contribution in [0.3, 0.4) is 0 Å². The third kappa shape index (κ3) is 5.20. The molecule has 2 N–H and O–H groups in total. The van der Waals surface area contributed by atoms with E-state index in [2.05, 4.69) is 20.2 Å². The molecule has 31 heavy (non-hydrogen) atoms. The van der Waals surface area contributed by atoms with Crippen LogP contribution in [0.15, 0.2) is 36.7 Å². The highest BCUT2D eigenvalue weighted by Gasteiger charge is 2.31. The maximum absolute atomic E-state index is 13.0. The summed E-state index contributed by atoms with van der Waals surface area (Å²) in [5.74, 6) is 1.56. The van der Waals surface area contributed by atoms with Crippen LogP contribution in [0.5, 0.6) is 0 Å². The van der Waals surface area contributed by atoms with Gasteiger partial charge in [0, 0.05) is 37.4 Å². The van der Waals surface area contributed by atoms with Gasteiger partial charge in [0.15, 0.2) is 0 Å². The molecule has 168 valence electrons. The molecule has 1 aromatic heterocycles. The van der Waals surface area contributed by atoms with Gasteiger partial charge in [-0.2, -0.15) is 13.2 Å². The molecular weight excluding hydrogens is 407 g/mol.